The van der Waals surface area contributed by atoms with Gasteiger partial charge in [-0.3, -0.25) is 0 Å². The van der Waals surface area contributed by atoms with E-state index in [0.717, 1.165) is 23.8 Å². The van der Waals surface area contributed by atoms with E-state index in [1.165, 1.54) is 18.4 Å². The van der Waals surface area contributed by atoms with Gasteiger partial charge in [0.15, 0.2) is 5.65 Å². The lowest BCUT2D eigenvalue weighted by Crippen LogP contribution is -1.95. The number of fused-ring (bicyclic) bond motifs is 1. The van der Waals surface area contributed by atoms with Gasteiger partial charge >= 0.3 is 0 Å². The van der Waals surface area contributed by atoms with Crippen molar-refractivity contribution >= 4 is 17.2 Å². The standard InChI is InChI=1S/C9H8ClN3.C7H3F2N/c10-8-5-7(6-1-2-6)9-11-3-4-13(9)12-8;8-6-1-5(4-10)2-7(9)3-6/h3-6H,1-2H2;1-3H. The average molecular weight is 333 g/mol. The van der Waals surface area contributed by atoms with E-state index >= 15 is 0 Å². The van der Waals surface area contributed by atoms with Crippen molar-refractivity contribution in [2.75, 3.05) is 0 Å². The van der Waals surface area contributed by atoms with Gasteiger partial charge in [0.2, 0.25) is 0 Å². The molecule has 1 aliphatic rings. The Bertz CT molecular complexity index is 876. The summed E-state index contributed by atoms with van der Waals surface area (Å²) >= 11 is 5.89. The molecule has 1 fully saturated rings. The van der Waals surface area contributed by atoms with Crippen LogP contribution in [-0.2, 0) is 0 Å². The van der Waals surface area contributed by atoms with Crippen molar-refractivity contribution in [2.24, 2.45) is 0 Å². The van der Waals surface area contributed by atoms with Crippen LogP contribution >= 0.6 is 11.6 Å². The van der Waals surface area contributed by atoms with E-state index in [1.807, 2.05) is 12.3 Å². The third-order valence-electron chi connectivity index (χ3n) is 3.37. The molecule has 0 amide bonds. The summed E-state index contributed by atoms with van der Waals surface area (Å²) in [6.45, 7) is 0. The van der Waals surface area contributed by atoms with Crippen LogP contribution in [-0.4, -0.2) is 14.6 Å². The lowest BCUT2D eigenvalue weighted by molar-refractivity contribution is 0.582. The molecule has 0 unspecified atom stereocenters. The molecule has 1 saturated carbocycles. The Hall–Kier alpha value is -2.52. The molecule has 23 heavy (non-hydrogen) atoms. The van der Waals surface area contributed by atoms with Crippen LogP contribution in [0.15, 0.2) is 36.7 Å². The van der Waals surface area contributed by atoms with Crippen molar-refractivity contribution in [1.82, 2.24) is 14.6 Å². The maximum absolute atomic E-state index is 12.2. The SMILES string of the molecule is Clc1cc(C2CC2)c2nccn2n1.N#Cc1cc(F)cc(F)c1. The Balaban J connectivity index is 0.000000142. The van der Waals surface area contributed by atoms with Gasteiger partial charge in [0.1, 0.15) is 16.8 Å². The molecular formula is C16H11ClF2N4. The summed E-state index contributed by atoms with van der Waals surface area (Å²) in [5.41, 5.74) is 2.19. The maximum atomic E-state index is 12.2. The number of hydrogen-bond donors (Lipinski definition) is 0. The van der Waals surface area contributed by atoms with Crippen LogP contribution in [0.4, 0.5) is 8.78 Å². The number of aromatic nitrogens is 3. The average Bonchev–Trinajstić information content (AvgIpc) is 3.24. The van der Waals surface area contributed by atoms with Gasteiger partial charge in [-0.05, 0) is 37.0 Å². The predicted molar refractivity (Wildman–Crippen MR) is 81.0 cm³/mol. The van der Waals surface area contributed by atoms with E-state index in [4.69, 9.17) is 16.9 Å². The largest absolute Gasteiger partial charge is 0.235 e. The number of rotatable bonds is 1. The van der Waals surface area contributed by atoms with Crippen molar-refractivity contribution in [3.05, 3.63) is 64.6 Å². The molecule has 7 heteroatoms. The monoisotopic (exact) mass is 332 g/mol. The maximum Gasteiger partial charge on any atom is 0.157 e. The molecular weight excluding hydrogens is 322 g/mol. The quantitative estimate of drug-likeness (QED) is 0.674. The van der Waals surface area contributed by atoms with Crippen LogP contribution < -0.4 is 0 Å². The van der Waals surface area contributed by atoms with Crippen molar-refractivity contribution in [2.45, 2.75) is 18.8 Å². The molecule has 0 N–H and O–H groups in total. The third-order valence-corrected chi connectivity index (χ3v) is 3.55. The summed E-state index contributed by atoms with van der Waals surface area (Å²) in [6, 6.07) is 6.23. The van der Waals surface area contributed by atoms with Gasteiger partial charge < -0.3 is 0 Å². The molecule has 3 aromatic rings. The molecule has 0 aliphatic heterocycles. The molecule has 2 heterocycles. The van der Waals surface area contributed by atoms with E-state index in [-0.39, 0.29) is 5.56 Å². The highest BCUT2D eigenvalue weighted by atomic mass is 35.5. The minimum Gasteiger partial charge on any atom is -0.235 e. The van der Waals surface area contributed by atoms with E-state index in [9.17, 15) is 8.78 Å². The molecule has 4 nitrogen and oxygen atoms in total. The Morgan fingerprint density at radius 1 is 1.17 bits per heavy atom. The van der Waals surface area contributed by atoms with Gasteiger partial charge in [-0.1, -0.05) is 11.6 Å². The molecule has 0 bridgehead atoms. The topological polar surface area (TPSA) is 54.0 Å². The minimum absolute atomic E-state index is 0.00231. The van der Waals surface area contributed by atoms with Gasteiger partial charge in [0.05, 0.1) is 11.6 Å². The highest BCUT2D eigenvalue weighted by Gasteiger charge is 2.26. The van der Waals surface area contributed by atoms with Crippen molar-refractivity contribution < 1.29 is 8.78 Å². The number of hydrogen-bond acceptors (Lipinski definition) is 3. The summed E-state index contributed by atoms with van der Waals surface area (Å²) in [5.74, 6) is -0.793. The number of nitriles is 1. The molecule has 1 aromatic carbocycles. The summed E-state index contributed by atoms with van der Waals surface area (Å²) in [5, 5.41) is 12.9. The summed E-state index contributed by atoms with van der Waals surface area (Å²) in [7, 11) is 0. The van der Waals surface area contributed by atoms with Crippen LogP contribution in [0.3, 0.4) is 0 Å². The Kier molecular flexibility index (Phi) is 4.22. The lowest BCUT2D eigenvalue weighted by atomic mass is 10.2. The molecule has 0 saturated heterocycles. The van der Waals surface area contributed by atoms with Gasteiger partial charge in [-0.25, -0.2) is 18.3 Å². The van der Waals surface area contributed by atoms with Gasteiger partial charge in [-0.2, -0.15) is 10.4 Å². The van der Waals surface area contributed by atoms with E-state index in [0.29, 0.717) is 11.1 Å². The molecule has 116 valence electrons. The first kappa shape index (κ1) is 15.4. The normalized spacial score (nSPS) is 13.3. The fourth-order valence-electron chi connectivity index (χ4n) is 2.22. The predicted octanol–water partition coefficient (Wildman–Crippen LogP) is 4.10. The lowest BCUT2D eigenvalue weighted by Gasteiger charge is -2.00. The second-order valence-corrected chi connectivity index (χ2v) is 5.55. The summed E-state index contributed by atoms with van der Waals surface area (Å²) in [6.07, 6.45) is 6.09. The van der Waals surface area contributed by atoms with Crippen LogP contribution in [0.25, 0.3) is 5.65 Å². The van der Waals surface area contributed by atoms with E-state index in [2.05, 4.69) is 10.1 Å². The zero-order valence-corrected chi connectivity index (χ0v) is 12.6. The first-order chi connectivity index (χ1) is 11.1. The van der Waals surface area contributed by atoms with Crippen LogP contribution in [0, 0.1) is 23.0 Å². The summed E-state index contributed by atoms with van der Waals surface area (Å²) < 4.78 is 26.2. The molecule has 4 rings (SSSR count). The van der Waals surface area contributed by atoms with Crippen LogP contribution in [0.5, 0.6) is 0 Å². The Labute approximate surface area is 136 Å². The van der Waals surface area contributed by atoms with Crippen molar-refractivity contribution in [1.29, 1.82) is 5.26 Å². The molecule has 0 atom stereocenters. The zero-order chi connectivity index (χ0) is 16.4. The van der Waals surface area contributed by atoms with Gasteiger partial charge in [-0.15, -0.1) is 0 Å². The second-order valence-electron chi connectivity index (χ2n) is 5.16. The molecule has 0 spiro atoms. The van der Waals surface area contributed by atoms with E-state index in [1.54, 1.807) is 16.8 Å². The number of benzene rings is 1. The molecule has 2 aromatic heterocycles. The minimum atomic E-state index is -0.725. The third kappa shape index (κ3) is 3.63. The van der Waals surface area contributed by atoms with Crippen molar-refractivity contribution in [3.63, 3.8) is 0 Å². The van der Waals surface area contributed by atoms with Gasteiger partial charge in [0.25, 0.3) is 0 Å². The molecule has 0 radical (unpaired) electrons. The number of halogens is 3. The molecule has 1 aliphatic carbocycles. The van der Waals surface area contributed by atoms with Gasteiger partial charge in [0, 0.05) is 24.0 Å². The number of imidazole rings is 1. The van der Waals surface area contributed by atoms with Crippen LogP contribution in [0.2, 0.25) is 5.15 Å². The highest BCUT2D eigenvalue weighted by Crippen LogP contribution is 2.41. The zero-order valence-electron chi connectivity index (χ0n) is 11.9. The smallest absolute Gasteiger partial charge is 0.157 e. The number of nitrogens with zero attached hydrogens (tertiary/aromatic N) is 4. The first-order valence-corrected chi connectivity index (χ1v) is 7.30. The fraction of sp³-hybridized carbons (Fsp3) is 0.188. The Morgan fingerprint density at radius 2 is 1.87 bits per heavy atom. The van der Waals surface area contributed by atoms with Crippen molar-refractivity contribution in [3.8, 4) is 6.07 Å². The fourth-order valence-corrected chi connectivity index (χ4v) is 2.42. The highest BCUT2D eigenvalue weighted by molar-refractivity contribution is 6.29. The Morgan fingerprint density at radius 3 is 2.48 bits per heavy atom. The van der Waals surface area contributed by atoms with Crippen LogP contribution in [0.1, 0.15) is 29.9 Å². The summed E-state index contributed by atoms with van der Waals surface area (Å²) in [4.78, 5) is 4.26. The first-order valence-electron chi connectivity index (χ1n) is 6.93. The second kappa shape index (κ2) is 6.31. The van der Waals surface area contributed by atoms with E-state index < -0.39 is 11.6 Å².